The largest absolute Gasteiger partial charge is 0.469 e. The highest BCUT2D eigenvalue weighted by Gasteiger charge is 2.40. The van der Waals surface area contributed by atoms with E-state index in [-0.39, 0.29) is 30.2 Å². The number of methoxy groups -OCH3 is 1. The number of esters is 1. The van der Waals surface area contributed by atoms with Crippen molar-refractivity contribution in [2.24, 2.45) is 5.92 Å². The molecule has 184 valence electrons. The van der Waals surface area contributed by atoms with Gasteiger partial charge in [-0.1, -0.05) is 87.0 Å². The molecule has 1 heterocycles. The third kappa shape index (κ3) is 7.52. The van der Waals surface area contributed by atoms with Gasteiger partial charge in [-0.3, -0.25) is 4.79 Å². The van der Waals surface area contributed by atoms with E-state index in [0.717, 1.165) is 29.5 Å². The van der Waals surface area contributed by atoms with Crippen molar-refractivity contribution in [1.29, 1.82) is 0 Å². The van der Waals surface area contributed by atoms with Crippen LogP contribution in [-0.4, -0.2) is 38.0 Å². The molecule has 1 aliphatic heterocycles. The zero-order chi connectivity index (χ0) is 24.2. The molecule has 0 N–H and O–H groups in total. The molecule has 0 aromatic heterocycles. The smallest absolute Gasteiger partial charge is 0.311 e. The number of allylic oxidation sites excluding steroid dienone is 1. The SMILES string of the molecule is CC/C=C1\[C@H](OCc2ccccc2)C[C@@H]([C@H](CCC)C(=O)OC)O[C@@H]1COCc1ccccc1. The van der Waals surface area contributed by atoms with Gasteiger partial charge in [0.25, 0.3) is 0 Å². The lowest BCUT2D eigenvalue weighted by molar-refractivity contribution is -0.163. The minimum absolute atomic E-state index is 0.145. The Bertz CT molecular complexity index is 880. The van der Waals surface area contributed by atoms with Crippen LogP contribution in [0.3, 0.4) is 0 Å². The lowest BCUT2D eigenvalue weighted by Gasteiger charge is -2.40. The summed E-state index contributed by atoms with van der Waals surface area (Å²) in [5.74, 6) is -0.543. The van der Waals surface area contributed by atoms with Gasteiger partial charge in [0, 0.05) is 6.42 Å². The summed E-state index contributed by atoms with van der Waals surface area (Å²) in [4.78, 5) is 12.6. The molecule has 0 spiro atoms. The minimum atomic E-state index is -0.322. The van der Waals surface area contributed by atoms with E-state index in [2.05, 4.69) is 32.1 Å². The van der Waals surface area contributed by atoms with E-state index in [1.54, 1.807) is 0 Å². The molecule has 0 saturated carbocycles. The normalized spacial score (nSPS) is 22.4. The Morgan fingerprint density at radius 1 is 1.03 bits per heavy atom. The highest BCUT2D eigenvalue weighted by Crippen LogP contribution is 2.34. The fourth-order valence-corrected chi connectivity index (χ4v) is 4.50. The van der Waals surface area contributed by atoms with Gasteiger partial charge in [0.15, 0.2) is 0 Å². The van der Waals surface area contributed by atoms with E-state index >= 15 is 0 Å². The van der Waals surface area contributed by atoms with Gasteiger partial charge in [-0.15, -0.1) is 0 Å². The number of benzene rings is 2. The molecule has 0 aliphatic carbocycles. The highest BCUT2D eigenvalue weighted by atomic mass is 16.6. The average Bonchev–Trinajstić information content (AvgIpc) is 2.88. The highest BCUT2D eigenvalue weighted by molar-refractivity contribution is 5.73. The van der Waals surface area contributed by atoms with Crippen molar-refractivity contribution in [1.82, 2.24) is 0 Å². The number of rotatable bonds is 12. The Morgan fingerprint density at radius 3 is 2.26 bits per heavy atom. The molecule has 1 fully saturated rings. The monoisotopic (exact) mass is 466 g/mol. The molecule has 5 heteroatoms. The Hall–Kier alpha value is -2.47. The summed E-state index contributed by atoms with van der Waals surface area (Å²) >= 11 is 0. The second-order valence-electron chi connectivity index (χ2n) is 8.72. The first-order chi connectivity index (χ1) is 16.7. The molecular weight excluding hydrogens is 428 g/mol. The van der Waals surface area contributed by atoms with Crippen molar-refractivity contribution in [3.63, 3.8) is 0 Å². The van der Waals surface area contributed by atoms with Crippen molar-refractivity contribution >= 4 is 5.97 Å². The molecule has 1 saturated heterocycles. The zero-order valence-corrected chi connectivity index (χ0v) is 20.7. The summed E-state index contributed by atoms with van der Waals surface area (Å²) in [5.41, 5.74) is 3.34. The van der Waals surface area contributed by atoms with Crippen molar-refractivity contribution in [3.05, 3.63) is 83.4 Å². The van der Waals surface area contributed by atoms with Crippen LogP contribution in [0.15, 0.2) is 72.3 Å². The first-order valence-electron chi connectivity index (χ1n) is 12.4. The third-order valence-electron chi connectivity index (χ3n) is 6.20. The first kappa shape index (κ1) is 26.1. The minimum Gasteiger partial charge on any atom is -0.469 e. The summed E-state index contributed by atoms with van der Waals surface area (Å²) in [5, 5.41) is 0. The lowest BCUT2D eigenvalue weighted by Crippen LogP contribution is -2.46. The zero-order valence-electron chi connectivity index (χ0n) is 20.7. The van der Waals surface area contributed by atoms with Gasteiger partial charge in [-0.25, -0.2) is 0 Å². The Morgan fingerprint density at radius 2 is 1.68 bits per heavy atom. The van der Waals surface area contributed by atoms with Crippen LogP contribution in [-0.2, 0) is 37.0 Å². The second-order valence-corrected chi connectivity index (χ2v) is 8.72. The van der Waals surface area contributed by atoms with Gasteiger partial charge < -0.3 is 18.9 Å². The summed E-state index contributed by atoms with van der Waals surface area (Å²) in [7, 11) is 1.44. The van der Waals surface area contributed by atoms with Gasteiger partial charge >= 0.3 is 5.97 Å². The van der Waals surface area contributed by atoms with E-state index in [0.29, 0.717) is 32.7 Å². The molecule has 0 unspecified atom stereocenters. The van der Waals surface area contributed by atoms with Gasteiger partial charge in [0.1, 0.15) is 6.10 Å². The molecule has 34 heavy (non-hydrogen) atoms. The maximum absolute atomic E-state index is 12.6. The number of ether oxygens (including phenoxy) is 4. The molecule has 0 amide bonds. The molecular formula is C29H38O5. The summed E-state index contributed by atoms with van der Waals surface area (Å²) < 4.78 is 24.2. The van der Waals surface area contributed by atoms with Crippen LogP contribution in [0.2, 0.25) is 0 Å². The topological polar surface area (TPSA) is 54.0 Å². The van der Waals surface area contributed by atoms with Crippen molar-refractivity contribution in [2.45, 2.75) is 71.1 Å². The summed E-state index contributed by atoms with van der Waals surface area (Å²) in [6.45, 7) is 5.61. The van der Waals surface area contributed by atoms with Crippen LogP contribution < -0.4 is 0 Å². The first-order valence-corrected chi connectivity index (χ1v) is 12.4. The number of carbonyl (C=O) groups is 1. The molecule has 0 bridgehead atoms. The predicted molar refractivity (Wildman–Crippen MR) is 133 cm³/mol. The molecule has 3 rings (SSSR count). The summed E-state index contributed by atoms with van der Waals surface area (Å²) in [6, 6.07) is 20.3. The molecule has 1 aliphatic rings. The number of carbonyl (C=O) groups excluding carboxylic acids is 1. The van der Waals surface area contributed by atoms with Crippen LogP contribution in [0.4, 0.5) is 0 Å². The second kappa shape index (κ2) is 14.1. The van der Waals surface area contributed by atoms with Crippen molar-refractivity contribution in [2.75, 3.05) is 13.7 Å². The van der Waals surface area contributed by atoms with E-state index in [9.17, 15) is 4.79 Å². The maximum Gasteiger partial charge on any atom is 0.311 e. The van der Waals surface area contributed by atoms with Gasteiger partial charge in [0.05, 0.1) is 45.1 Å². The standard InChI is InChI=1S/C29H38O5/c1-4-12-24-26(33-20-23-16-10-7-11-17-23)18-27(25(13-5-2)29(30)31-3)34-28(24)21-32-19-22-14-8-6-9-15-22/h6-12,14-17,25-28H,4-5,13,18-21H2,1-3H3/b24-12+/t25-,26+,27-,28+/m0/s1. The van der Waals surface area contributed by atoms with E-state index < -0.39 is 0 Å². The third-order valence-corrected chi connectivity index (χ3v) is 6.20. The van der Waals surface area contributed by atoms with E-state index in [1.807, 2.05) is 48.5 Å². The van der Waals surface area contributed by atoms with Gasteiger partial charge in [-0.05, 0) is 29.5 Å². The van der Waals surface area contributed by atoms with Crippen LogP contribution in [0.5, 0.6) is 0 Å². The van der Waals surface area contributed by atoms with Crippen molar-refractivity contribution < 1.29 is 23.7 Å². The Labute approximate surface area is 204 Å². The molecule has 2 aromatic rings. The average molecular weight is 467 g/mol. The lowest BCUT2D eigenvalue weighted by atomic mass is 9.86. The number of hydrogen-bond donors (Lipinski definition) is 0. The van der Waals surface area contributed by atoms with Crippen LogP contribution in [0.1, 0.15) is 50.7 Å². The summed E-state index contributed by atoms with van der Waals surface area (Å²) in [6.07, 6.45) is 4.57. The molecule has 4 atom stereocenters. The maximum atomic E-state index is 12.6. The van der Waals surface area contributed by atoms with Crippen LogP contribution >= 0.6 is 0 Å². The van der Waals surface area contributed by atoms with Crippen LogP contribution in [0.25, 0.3) is 0 Å². The van der Waals surface area contributed by atoms with E-state index in [1.165, 1.54) is 7.11 Å². The van der Waals surface area contributed by atoms with Crippen molar-refractivity contribution in [3.8, 4) is 0 Å². The Kier molecular flexibility index (Phi) is 10.8. The fourth-order valence-electron chi connectivity index (χ4n) is 4.50. The van der Waals surface area contributed by atoms with Gasteiger partial charge in [-0.2, -0.15) is 0 Å². The molecule has 5 nitrogen and oxygen atoms in total. The fraction of sp³-hybridized carbons (Fsp3) is 0.483. The van der Waals surface area contributed by atoms with Crippen LogP contribution in [0, 0.1) is 5.92 Å². The van der Waals surface area contributed by atoms with E-state index in [4.69, 9.17) is 18.9 Å². The Balaban J connectivity index is 1.78. The molecule has 0 radical (unpaired) electrons. The quantitative estimate of drug-likeness (QED) is 0.289. The number of hydrogen-bond acceptors (Lipinski definition) is 5. The van der Waals surface area contributed by atoms with Gasteiger partial charge in [0.2, 0.25) is 0 Å². The molecule has 2 aromatic carbocycles. The predicted octanol–water partition coefficient (Wildman–Crippen LogP) is 5.87.